The topological polar surface area (TPSA) is 75.4 Å². The lowest BCUT2D eigenvalue weighted by Crippen LogP contribution is -2.52. The minimum absolute atomic E-state index is 0.0598. The lowest BCUT2D eigenvalue weighted by atomic mass is 9.82. The van der Waals surface area contributed by atoms with Gasteiger partial charge in [0.05, 0.1) is 5.54 Å². The third kappa shape index (κ3) is 3.61. The van der Waals surface area contributed by atoms with Crippen LogP contribution >= 0.6 is 0 Å². The number of amides is 2. The highest BCUT2D eigenvalue weighted by atomic mass is 16.2. The van der Waals surface area contributed by atoms with Crippen molar-refractivity contribution in [3.63, 3.8) is 0 Å². The fourth-order valence-electron chi connectivity index (χ4n) is 2.62. The summed E-state index contributed by atoms with van der Waals surface area (Å²) in [5, 5.41) is 2.86. The van der Waals surface area contributed by atoms with Gasteiger partial charge in [0.15, 0.2) is 0 Å². The molecule has 0 saturated heterocycles. The zero-order chi connectivity index (χ0) is 15.5. The van der Waals surface area contributed by atoms with E-state index in [-0.39, 0.29) is 11.8 Å². The summed E-state index contributed by atoms with van der Waals surface area (Å²) in [7, 11) is 3.42. The van der Waals surface area contributed by atoms with Crippen LogP contribution in [0.5, 0.6) is 0 Å². The van der Waals surface area contributed by atoms with Gasteiger partial charge in [-0.15, -0.1) is 0 Å². The predicted molar refractivity (Wildman–Crippen MR) is 83.1 cm³/mol. The number of hydrogen-bond acceptors (Lipinski definition) is 3. The molecule has 1 aliphatic carbocycles. The van der Waals surface area contributed by atoms with E-state index in [1.165, 1.54) is 4.90 Å². The Balaban J connectivity index is 2.03. The second-order valence-corrected chi connectivity index (χ2v) is 5.95. The molecule has 114 valence electrons. The Morgan fingerprint density at radius 2 is 1.67 bits per heavy atom. The van der Waals surface area contributed by atoms with E-state index >= 15 is 0 Å². The molecule has 0 spiro atoms. The van der Waals surface area contributed by atoms with Crippen LogP contribution in [0.4, 0.5) is 5.69 Å². The molecule has 5 heteroatoms. The van der Waals surface area contributed by atoms with Crippen LogP contribution in [0.1, 0.15) is 42.5 Å². The number of anilines is 1. The van der Waals surface area contributed by atoms with Crippen molar-refractivity contribution in [2.45, 2.75) is 37.6 Å². The van der Waals surface area contributed by atoms with Crippen LogP contribution in [0.25, 0.3) is 0 Å². The second-order valence-electron chi connectivity index (χ2n) is 5.95. The quantitative estimate of drug-likeness (QED) is 0.893. The van der Waals surface area contributed by atoms with Gasteiger partial charge in [-0.25, -0.2) is 0 Å². The summed E-state index contributed by atoms with van der Waals surface area (Å²) in [5.74, 6) is -0.190. The first-order valence-corrected chi connectivity index (χ1v) is 7.34. The van der Waals surface area contributed by atoms with Crippen molar-refractivity contribution in [3.8, 4) is 0 Å². The van der Waals surface area contributed by atoms with Gasteiger partial charge in [-0.3, -0.25) is 9.59 Å². The van der Waals surface area contributed by atoms with Crippen LogP contribution in [-0.4, -0.2) is 36.3 Å². The summed E-state index contributed by atoms with van der Waals surface area (Å²) in [6, 6.07) is 6.89. The molecule has 0 bridgehead atoms. The average Bonchev–Trinajstić information content (AvgIpc) is 2.48. The number of nitrogens with zero attached hydrogens (tertiary/aromatic N) is 1. The van der Waals surface area contributed by atoms with Crippen LogP contribution in [0.2, 0.25) is 0 Å². The number of rotatable bonds is 3. The van der Waals surface area contributed by atoms with Crippen LogP contribution in [-0.2, 0) is 4.79 Å². The van der Waals surface area contributed by atoms with Gasteiger partial charge in [0, 0.05) is 25.3 Å². The first kappa shape index (κ1) is 15.5. The summed E-state index contributed by atoms with van der Waals surface area (Å²) in [4.78, 5) is 25.6. The smallest absolute Gasteiger partial charge is 0.253 e. The molecule has 5 nitrogen and oxygen atoms in total. The van der Waals surface area contributed by atoms with E-state index in [9.17, 15) is 9.59 Å². The summed E-state index contributed by atoms with van der Waals surface area (Å²) in [6.45, 7) is 0. The van der Waals surface area contributed by atoms with Gasteiger partial charge < -0.3 is 16.0 Å². The third-order valence-electron chi connectivity index (χ3n) is 3.99. The molecule has 1 aliphatic rings. The fourth-order valence-corrected chi connectivity index (χ4v) is 2.62. The first-order chi connectivity index (χ1) is 9.92. The van der Waals surface area contributed by atoms with Crippen molar-refractivity contribution in [1.29, 1.82) is 0 Å². The normalized spacial score (nSPS) is 17.1. The largest absolute Gasteiger partial charge is 0.345 e. The van der Waals surface area contributed by atoms with Crippen LogP contribution in [0, 0.1) is 0 Å². The number of carbonyl (C=O) groups is 2. The van der Waals surface area contributed by atoms with Crippen LogP contribution < -0.4 is 11.1 Å². The molecule has 21 heavy (non-hydrogen) atoms. The zero-order valence-electron chi connectivity index (χ0n) is 12.7. The number of benzene rings is 1. The molecule has 1 saturated carbocycles. The molecular formula is C16H23N3O2. The lowest BCUT2D eigenvalue weighted by molar-refractivity contribution is -0.122. The summed E-state index contributed by atoms with van der Waals surface area (Å²) >= 11 is 0. The van der Waals surface area contributed by atoms with Crippen molar-refractivity contribution >= 4 is 17.5 Å². The number of hydrogen-bond donors (Lipinski definition) is 2. The maximum Gasteiger partial charge on any atom is 0.253 e. The molecule has 0 unspecified atom stereocenters. The molecular weight excluding hydrogens is 266 g/mol. The van der Waals surface area contributed by atoms with E-state index in [0.717, 1.165) is 32.1 Å². The Hall–Kier alpha value is -1.88. The third-order valence-corrected chi connectivity index (χ3v) is 3.99. The minimum atomic E-state index is -0.754. The predicted octanol–water partition coefficient (Wildman–Crippen LogP) is 1.99. The molecule has 0 aromatic heterocycles. The Bertz CT molecular complexity index is 517. The van der Waals surface area contributed by atoms with Gasteiger partial charge in [0.1, 0.15) is 0 Å². The standard InChI is InChI=1S/C16H23N3O2/c1-19(2)14(20)12-6-8-13(9-7-12)18-15(21)16(17)10-4-3-5-11-16/h6-9H,3-5,10-11,17H2,1-2H3,(H,18,21). The summed E-state index contributed by atoms with van der Waals surface area (Å²) in [5.41, 5.74) is 6.71. The van der Waals surface area contributed by atoms with Gasteiger partial charge in [0.25, 0.3) is 5.91 Å². The zero-order valence-corrected chi connectivity index (χ0v) is 12.7. The van der Waals surface area contributed by atoms with Crippen molar-refractivity contribution in [2.75, 3.05) is 19.4 Å². The number of nitrogens with two attached hydrogens (primary N) is 1. The van der Waals surface area contributed by atoms with Gasteiger partial charge in [-0.2, -0.15) is 0 Å². The van der Waals surface area contributed by atoms with E-state index in [1.807, 2.05) is 0 Å². The van der Waals surface area contributed by atoms with Gasteiger partial charge in [-0.1, -0.05) is 19.3 Å². The van der Waals surface area contributed by atoms with E-state index in [4.69, 9.17) is 5.73 Å². The molecule has 3 N–H and O–H groups in total. The molecule has 1 fully saturated rings. The lowest BCUT2D eigenvalue weighted by Gasteiger charge is -2.31. The SMILES string of the molecule is CN(C)C(=O)c1ccc(NC(=O)C2(N)CCCCC2)cc1. The number of carbonyl (C=O) groups excluding carboxylic acids is 2. The molecule has 0 atom stereocenters. The van der Waals surface area contributed by atoms with Crippen molar-refractivity contribution in [2.24, 2.45) is 5.73 Å². The Morgan fingerprint density at radius 1 is 1.10 bits per heavy atom. The maximum atomic E-state index is 12.3. The molecule has 2 rings (SSSR count). The molecule has 0 aliphatic heterocycles. The molecule has 0 heterocycles. The Kier molecular flexibility index (Phi) is 4.63. The average molecular weight is 289 g/mol. The summed E-state index contributed by atoms with van der Waals surface area (Å²) in [6.07, 6.45) is 4.61. The number of nitrogens with one attached hydrogen (secondary N) is 1. The highest BCUT2D eigenvalue weighted by molar-refractivity contribution is 5.99. The highest BCUT2D eigenvalue weighted by Crippen LogP contribution is 2.27. The molecule has 1 aromatic rings. The molecule has 1 aromatic carbocycles. The second kappa shape index (κ2) is 6.26. The van der Waals surface area contributed by atoms with Crippen molar-refractivity contribution in [3.05, 3.63) is 29.8 Å². The van der Waals surface area contributed by atoms with E-state index in [2.05, 4.69) is 5.32 Å². The molecule has 2 amide bonds. The fraction of sp³-hybridized carbons (Fsp3) is 0.500. The van der Waals surface area contributed by atoms with Gasteiger partial charge in [0.2, 0.25) is 5.91 Å². The first-order valence-electron chi connectivity index (χ1n) is 7.34. The van der Waals surface area contributed by atoms with Gasteiger partial charge >= 0.3 is 0 Å². The van der Waals surface area contributed by atoms with E-state index in [1.54, 1.807) is 38.4 Å². The Labute approximate surface area is 125 Å². The summed E-state index contributed by atoms with van der Waals surface area (Å²) < 4.78 is 0. The van der Waals surface area contributed by atoms with Gasteiger partial charge in [-0.05, 0) is 37.1 Å². The van der Waals surface area contributed by atoms with Crippen LogP contribution in [0.15, 0.2) is 24.3 Å². The Morgan fingerprint density at radius 3 is 2.19 bits per heavy atom. The molecule has 0 radical (unpaired) electrons. The van der Waals surface area contributed by atoms with Crippen LogP contribution in [0.3, 0.4) is 0 Å². The monoisotopic (exact) mass is 289 g/mol. The maximum absolute atomic E-state index is 12.3. The van der Waals surface area contributed by atoms with Crippen molar-refractivity contribution < 1.29 is 9.59 Å². The van der Waals surface area contributed by atoms with E-state index in [0.29, 0.717) is 11.3 Å². The van der Waals surface area contributed by atoms with E-state index < -0.39 is 5.54 Å². The van der Waals surface area contributed by atoms with Crippen molar-refractivity contribution in [1.82, 2.24) is 4.90 Å². The highest BCUT2D eigenvalue weighted by Gasteiger charge is 2.35. The minimum Gasteiger partial charge on any atom is -0.345 e.